The lowest BCUT2D eigenvalue weighted by Gasteiger charge is -2.26. The first kappa shape index (κ1) is 25.2. The zero-order valence-corrected chi connectivity index (χ0v) is 19.4. The highest BCUT2D eigenvalue weighted by Gasteiger charge is 2.33. The van der Waals surface area contributed by atoms with Crippen LogP contribution in [-0.4, -0.2) is 46.5 Å². The van der Waals surface area contributed by atoms with Crippen molar-refractivity contribution in [2.75, 3.05) is 7.05 Å². The quantitative estimate of drug-likeness (QED) is 0.293. The number of sulfonamides is 1. The number of aromatic amines is 1. The Morgan fingerprint density at radius 3 is 2.38 bits per heavy atom. The molecule has 1 heterocycles. The maximum Gasteiger partial charge on any atom is 0.328 e. The Kier molecular flexibility index (Phi) is 7.89. The van der Waals surface area contributed by atoms with Crippen molar-refractivity contribution in [2.45, 2.75) is 23.9 Å². The zero-order chi connectivity index (χ0) is 24.9. The number of rotatable bonds is 9. The first-order valence-corrected chi connectivity index (χ1v) is 11.7. The summed E-state index contributed by atoms with van der Waals surface area (Å²) in [6.07, 6.45) is 0.871. The summed E-state index contributed by atoms with van der Waals surface area (Å²) >= 11 is 5.73. The Morgan fingerprint density at radius 2 is 1.76 bits per heavy atom. The Balaban J connectivity index is 1.80. The summed E-state index contributed by atoms with van der Waals surface area (Å²) in [5, 5.41) is 8.88. The van der Waals surface area contributed by atoms with Crippen LogP contribution in [0.25, 0.3) is 0 Å². The number of carbonyl (C=O) groups excluding carboxylic acids is 1. The molecule has 0 saturated heterocycles. The molecule has 1 atom stereocenters. The van der Waals surface area contributed by atoms with E-state index in [-0.39, 0.29) is 22.9 Å². The van der Waals surface area contributed by atoms with Crippen LogP contribution in [0, 0.1) is 0 Å². The standard InChI is InChI=1S/C21H21ClN4O7S/c1-25(18(20(28)24-30)11-12-26-13-17(22)19(27)23-21(26)29)34(31,32)16-9-7-15(8-10-16)33-14-5-3-2-4-6-14/h2-10,13,18,30H,11-12H2,1H3,(H,24,28)(H,23,27,29). The molecule has 3 rings (SSSR count). The molecule has 0 bridgehead atoms. The minimum atomic E-state index is -4.18. The number of hydrogen-bond acceptors (Lipinski definition) is 7. The minimum Gasteiger partial charge on any atom is -0.457 e. The van der Waals surface area contributed by atoms with E-state index in [4.69, 9.17) is 21.5 Å². The number of amides is 1. The highest BCUT2D eigenvalue weighted by molar-refractivity contribution is 7.89. The van der Waals surface area contributed by atoms with Gasteiger partial charge in [-0.1, -0.05) is 29.8 Å². The molecule has 0 aliphatic rings. The van der Waals surface area contributed by atoms with Gasteiger partial charge >= 0.3 is 5.69 Å². The van der Waals surface area contributed by atoms with Crippen LogP contribution in [0.2, 0.25) is 5.02 Å². The summed E-state index contributed by atoms with van der Waals surface area (Å²) in [6, 6.07) is 13.1. The lowest BCUT2D eigenvalue weighted by molar-refractivity contribution is -0.133. The Bertz CT molecular complexity index is 1370. The molecule has 1 amide bonds. The number of nitrogens with one attached hydrogen (secondary N) is 2. The fourth-order valence-corrected chi connectivity index (χ4v) is 4.61. The number of ether oxygens (including phenoxy) is 1. The molecule has 1 aromatic heterocycles. The maximum atomic E-state index is 13.1. The molecule has 0 saturated carbocycles. The fourth-order valence-electron chi connectivity index (χ4n) is 3.10. The van der Waals surface area contributed by atoms with E-state index in [1.165, 1.54) is 36.8 Å². The lowest BCUT2D eigenvalue weighted by atomic mass is 10.2. The largest absolute Gasteiger partial charge is 0.457 e. The maximum absolute atomic E-state index is 13.1. The van der Waals surface area contributed by atoms with Gasteiger partial charge in [0.25, 0.3) is 11.5 Å². The second-order valence-corrected chi connectivity index (χ2v) is 9.52. The normalized spacial score (nSPS) is 12.4. The third-order valence-corrected chi connectivity index (χ3v) is 7.09. The van der Waals surface area contributed by atoms with Gasteiger partial charge in [-0.3, -0.25) is 24.3 Å². The molecule has 2 aromatic carbocycles. The van der Waals surface area contributed by atoms with E-state index < -0.39 is 33.2 Å². The summed E-state index contributed by atoms with van der Waals surface area (Å²) < 4.78 is 33.7. The van der Waals surface area contributed by atoms with Crippen LogP contribution in [0.5, 0.6) is 11.5 Å². The molecule has 13 heteroatoms. The molecule has 0 aliphatic heterocycles. The van der Waals surface area contributed by atoms with E-state index in [0.717, 1.165) is 15.1 Å². The summed E-state index contributed by atoms with van der Waals surface area (Å²) in [6.45, 7) is -0.170. The molecule has 0 fully saturated rings. The Hall–Kier alpha value is -3.45. The molecular formula is C21H21ClN4O7S. The number of nitrogens with zero attached hydrogens (tertiary/aromatic N) is 2. The van der Waals surface area contributed by atoms with Crippen LogP contribution in [-0.2, 0) is 21.4 Å². The molecule has 1 unspecified atom stereocenters. The predicted molar refractivity (Wildman–Crippen MR) is 123 cm³/mol. The monoisotopic (exact) mass is 508 g/mol. The Labute approximate surface area is 199 Å². The van der Waals surface area contributed by atoms with Gasteiger partial charge in [0, 0.05) is 19.8 Å². The van der Waals surface area contributed by atoms with Crippen molar-refractivity contribution in [3.63, 3.8) is 0 Å². The van der Waals surface area contributed by atoms with Crippen molar-refractivity contribution in [3.05, 3.63) is 86.7 Å². The second-order valence-electron chi connectivity index (χ2n) is 7.12. The third kappa shape index (κ3) is 5.72. The van der Waals surface area contributed by atoms with E-state index in [1.54, 1.807) is 24.3 Å². The average molecular weight is 509 g/mol. The highest BCUT2D eigenvalue weighted by atomic mass is 35.5. The minimum absolute atomic E-state index is 0.115. The third-order valence-electron chi connectivity index (χ3n) is 4.94. The number of carbonyl (C=O) groups is 1. The highest BCUT2D eigenvalue weighted by Crippen LogP contribution is 2.25. The van der Waals surface area contributed by atoms with Gasteiger partial charge in [0.05, 0.1) is 4.90 Å². The molecule has 0 aliphatic carbocycles. The van der Waals surface area contributed by atoms with Gasteiger partial charge in [0.15, 0.2) is 0 Å². The number of hydroxylamine groups is 1. The van der Waals surface area contributed by atoms with Crippen molar-refractivity contribution in [3.8, 4) is 11.5 Å². The number of hydrogen-bond donors (Lipinski definition) is 3. The van der Waals surface area contributed by atoms with Crippen LogP contribution in [0.3, 0.4) is 0 Å². The van der Waals surface area contributed by atoms with E-state index in [2.05, 4.69) is 0 Å². The van der Waals surface area contributed by atoms with Gasteiger partial charge in [0.2, 0.25) is 10.0 Å². The van der Waals surface area contributed by atoms with Crippen LogP contribution in [0.15, 0.2) is 75.3 Å². The van der Waals surface area contributed by atoms with Gasteiger partial charge in [0.1, 0.15) is 22.6 Å². The molecule has 11 nitrogen and oxygen atoms in total. The lowest BCUT2D eigenvalue weighted by Crippen LogP contribution is -2.47. The topological polar surface area (TPSA) is 151 Å². The van der Waals surface area contributed by atoms with Crippen molar-refractivity contribution in [1.29, 1.82) is 0 Å². The number of para-hydroxylation sites is 1. The summed E-state index contributed by atoms with van der Waals surface area (Å²) in [4.78, 5) is 37.5. The molecule has 3 aromatic rings. The Morgan fingerprint density at radius 1 is 1.15 bits per heavy atom. The van der Waals surface area contributed by atoms with Crippen molar-refractivity contribution >= 4 is 27.5 Å². The van der Waals surface area contributed by atoms with E-state index in [0.29, 0.717) is 11.5 Å². The molecule has 3 N–H and O–H groups in total. The first-order valence-electron chi connectivity index (χ1n) is 9.87. The van der Waals surface area contributed by atoms with Crippen LogP contribution in [0.4, 0.5) is 0 Å². The second kappa shape index (κ2) is 10.7. The SMILES string of the molecule is CN(C(CCn1cc(Cl)c(=O)[nH]c1=O)C(=O)NO)S(=O)(=O)c1ccc(Oc2ccccc2)cc1. The van der Waals surface area contributed by atoms with Gasteiger partial charge in [-0.25, -0.2) is 18.7 Å². The molecule has 0 spiro atoms. The molecule has 34 heavy (non-hydrogen) atoms. The van der Waals surface area contributed by atoms with Crippen LogP contribution < -0.4 is 21.5 Å². The van der Waals surface area contributed by atoms with Crippen LogP contribution >= 0.6 is 11.6 Å². The smallest absolute Gasteiger partial charge is 0.328 e. The predicted octanol–water partition coefficient (Wildman–Crippen LogP) is 1.57. The van der Waals surface area contributed by atoms with E-state index in [1.807, 2.05) is 11.1 Å². The van der Waals surface area contributed by atoms with E-state index >= 15 is 0 Å². The number of benzene rings is 2. The fraction of sp³-hybridized carbons (Fsp3) is 0.190. The average Bonchev–Trinajstić information content (AvgIpc) is 2.83. The van der Waals surface area contributed by atoms with Crippen molar-refractivity contribution < 1.29 is 23.2 Å². The van der Waals surface area contributed by atoms with Crippen molar-refractivity contribution in [2.24, 2.45) is 0 Å². The number of halogens is 1. The number of aromatic nitrogens is 2. The van der Waals surface area contributed by atoms with Gasteiger partial charge in [-0.15, -0.1) is 0 Å². The number of likely N-dealkylation sites (N-methyl/N-ethyl adjacent to an activating group) is 1. The summed E-state index contributed by atoms with van der Waals surface area (Å²) in [5.41, 5.74) is -0.111. The number of aryl methyl sites for hydroxylation is 1. The van der Waals surface area contributed by atoms with Gasteiger partial charge in [-0.2, -0.15) is 4.31 Å². The van der Waals surface area contributed by atoms with Gasteiger partial charge < -0.3 is 4.74 Å². The summed E-state index contributed by atoms with van der Waals surface area (Å²) in [7, 11) is -3.00. The zero-order valence-electron chi connectivity index (χ0n) is 17.8. The van der Waals surface area contributed by atoms with Gasteiger partial charge in [-0.05, 0) is 42.8 Å². The molecule has 180 valence electrons. The molecular weight excluding hydrogens is 488 g/mol. The first-order chi connectivity index (χ1) is 16.1. The molecule has 0 radical (unpaired) electrons. The summed E-state index contributed by atoms with van der Waals surface area (Å²) in [5.74, 6) is -0.0158. The van der Waals surface area contributed by atoms with E-state index in [9.17, 15) is 22.8 Å². The van der Waals surface area contributed by atoms with Crippen molar-refractivity contribution in [1.82, 2.24) is 19.3 Å². The number of H-pyrrole nitrogens is 1. The van der Waals surface area contributed by atoms with Crippen LogP contribution in [0.1, 0.15) is 6.42 Å².